The summed E-state index contributed by atoms with van der Waals surface area (Å²) in [6.07, 6.45) is 0. The molecule has 0 aliphatic heterocycles. The van der Waals surface area contributed by atoms with E-state index in [1.807, 2.05) is 0 Å². The number of aromatic nitrogens is 3. The Kier molecular flexibility index (Phi) is 4.31. The Bertz CT molecular complexity index is 907. The van der Waals surface area contributed by atoms with E-state index in [1.54, 1.807) is 31.4 Å². The summed E-state index contributed by atoms with van der Waals surface area (Å²) in [5.41, 5.74) is 6.94. The van der Waals surface area contributed by atoms with Gasteiger partial charge in [0.15, 0.2) is 5.82 Å². The Morgan fingerprint density at radius 3 is 2.64 bits per heavy atom. The highest BCUT2D eigenvalue weighted by Gasteiger charge is 2.19. The molecule has 0 aliphatic carbocycles. The third kappa shape index (κ3) is 3.26. The predicted octanol–water partition coefficient (Wildman–Crippen LogP) is 2.14. The number of ether oxygens (including phenoxy) is 1. The number of aromatic amines is 1. The van der Waals surface area contributed by atoms with Crippen molar-refractivity contribution in [3.05, 3.63) is 64.0 Å². The zero-order chi connectivity index (χ0) is 18.0. The summed E-state index contributed by atoms with van der Waals surface area (Å²) in [5.74, 6) is 1.04. The fraction of sp³-hybridized carbons (Fsp3) is 0.125. The Morgan fingerprint density at radius 1 is 1.28 bits per heavy atom. The first kappa shape index (κ1) is 16.4. The van der Waals surface area contributed by atoms with Gasteiger partial charge in [0, 0.05) is 12.1 Å². The summed E-state index contributed by atoms with van der Waals surface area (Å²) >= 11 is 0. The van der Waals surface area contributed by atoms with Crippen LogP contribution in [0, 0.1) is 10.1 Å². The van der Waals surface area contributed by atoms with Crippen molar-refractivity contribution < 1.29 is 14.8 Å². The summed E-state index contributed by atoms with van der Waals surface area (Å²) in [4.78, 5) is 14.6. The third-order valence-corrected chi connectivity index (χ3v) is 3.70. The van der Waals surface area contributed by atoms with Gasteiger partial charge in [0.05, 0.1) is 23.6 Å². The van der Waals surface area contributed by atoms with Gasteiger partial charge in [-0.3, -0.25) is 15.2 Å². The van der Waals surface area contributed by atoms with E-state index in [9.17, 15) is 15.2 Å². The van der Waals surface area contributed by atoms with Crippen LogP contribution in [-0.2, 0) is 0 Å². The van der Waals surface area contributed by atoms with E-state index < -0.39 is 11.0 Å². The van der Waals surface area contributed by atoms with Crippen molar-refractivity contribution in [1.82, 2.24) is 15.2 Å². The number of nitrogens with zero attached hydrogens (tertiary/aromatic N) is 3. The number of benzene rings is 2. The number of methoxy groups -OCH3 is 1. The van der Waals surface area contributed by atoms with E-state index in [-0.39, 0.29) is 22.8 Å². The second kappa shape index (κ2) is 6.57. The van der Waals surface area contributed by atoms with Crippen molar-refractivity contribution >= 4 is 5.69 Å². The van der Waals surface area contributed by atoms with Gasteiger partial charge in [-0.1, -0.05) is 12.1 Å². The number of nitro groups is 1. The first-order valence-electron chi connectivity index (χ1n) is 7.29. The summed E-state index contributed by atoms with van der Waals surface area (Å²) < 4.78 is 5.10. The Balaban J connectivity index is 1.91. The van der Waals surface area contributed by atoms with Crippen LogP contribution in [0.4, 0.5) is 5.69 Å². The lowest BCUT2D eigenvalue weighted by molar-refractivity contribution is -0.384. The second-order valence-electron chi connectivity index (χ2n) is 5.25. The first-order chi connectivity index (χ1) is 12.0. The quantitative estimate of drug-likeness (QED) is 0.477. The van der Waals surface area contributed by atoms with Crippen molar-refractivity contribution in [2.45, 2.75) is 6.04 Å². The molecule has 1 atom stereocenters. The van der Waals surface area contributed by atoms with Crippen LogP contribution in [0.2, 0.25) is 0 Å². The van der Waals surface area contributed by atoms with Gasteiger partial charge in [0.1, 0.15) is 17.3 Å². The lowest BCUT2D eigenvalue weighted by Crippen LogP contribution is -2.13. The number of hydrogen-bond acceptors (Lipinski definition) is 7. The van der Waals surface area contributed by atoms with Crippen molar-refractivity contribution in [1.29, 1.82) is 0 Å². The first-order valence-corrected chi connectivity index (χ1v) is 7.29. The van der Waals surface area contributed by atoms with Gasteiger partial charge in [-0.25, -0.2) is 4.98 Å². The van der Waals surface area contributed by atoms with Crippen molar-refractivity contribution in [3.63, 3.8) is 0 Å². The number of nitrogens with one attached hydrogen (secondary N) is 1. The molecule has 0 bridgehead atoms. The molecule has 0 radical (unpaired) electrons. The average Bonchev–Trinajstić information content (AvgIpc) is 3.11. The Labute approximate surface area is 142 Å². The number of hydrogen-bond donors (Lipinski definition) is 3. The van der Waals surface area contributed by atoms with Crippen LogP contribution in [0.25, 0.3) is 11.4 Å². The minimum absolute atomic E-state index is 0.125. The standard InChI is InChI=1S/C16H15N5O4/c1-25-11-5-2-9(3-6-11)14(17)16-18-15(19-20-16)12-8-10(21(23)24)4-7-13(12)22/h2-8,14,22H,17H2,1H3,(H,18,19,20). The molecule has 9 nitrogen and oxygen atoms in total. The molecule has 0 saturated heterocycles. The molecule has 0 spiro atoms. The van der Waals surface area contributed by atoms with Crippen LogP contribution in [0.1, 0.15) is 17.4 Å². The van der Waals surface area contributed by atoms with Gasteiger partial charge < -0.3 is 15.6 Å². The number of aromatic hydroxyl groups is 1. The smallest absolute Gasteiger partial charge is 0.270 e. The van der Waals surface area contributed by atoms with Gasteiger partial charge >= 0.3 is 0 Å². The number of H-pyrrole nitrogens is 1. The fourth-order valence-electron chi connectivity index (χ4n) is 2.32. The van der Waals surface area contributed by atoms with Crippen molar-refractivity contribution in [2.75, 3.05) is 7.11 Å². The van der Waals surface area contributed by atoms with Crippen LogP contribution >= 0.6 is 0 Å². The molecule has 4 N–H and O–H groups in total. The molecular weight excluding hydrogens is 326 g/mol. The molecule has 1 unspecified atom stereocenters. The van der Waals surface area contributed by atoms with E-state index in [0.29, 0.717) is 11.6 Å². The molecule has 0 fully saturated rings. The minimum Gasteiger partial charge on any atom is -0.507 e. The molecule has 9 heteroatoms. The maximum Gasteiger partial charge on any atom is 0.270 e. The molecule has 3 aromatic rings. The summed E-state index contributed by atoms with van der Waals surface area (Å²) in [7, 11) is 1.57. The normalized spacial score (nSPS) is 11.9. The van der Waals surface area contributed by atoms with Gasteiger partial charge in [-0.05, 0) is 23.8 Å². The van der Waals surface area contributed by atoms with Crippen molar-refractivity contribution in [2.24, 2.45) is 5.73 Å². The average molecular weight is 341 g/mol. The van der Waals surface area contributed by atoms with Crippen LogP contribution in [0.3, 0.4) is 0 Å². The van der Waals surface area contributed by atoms with Crippen LogP contribution in [-0.4, -0.2) is 32.3 Å². The highest BCUT2D eigenvalue weighted by Crippen LogP contribution is 2.31. The molecule has 3 rings (SSSR count). The molecule has 2 aromatic carbocycles. The monoisotopic (exact) mass is 341 g/mol. The van der Waals surface area contributed by atoms with Gasteiger partial charge in [0.25, 0.3) is 5.69 Å². The van der Waals surface area contributed by atoms with Gasteiger partial charge in [-0.2, -0.15) is 5.10 Å². The maximum absolute atomic E-state index is 10.9. The maximum atomic E-state index is 10.9. The lowest BCUT2D eigenvalue weighted by atomic mass is 10.1. The zero-order valence-electron chi connectivity index (χ0n) is 13.2. The summed E-state index contributed by atoms with van der Waals surface area (Å²) in [5, 5.41) is 27.5. The molecule has 0 amide bonds. The lowest BCUT2D eigenvalue weighted by Gasteiger charge is -2.09. The van der Waals surface area contributed by atoms with Crippen LogP contribution < -0.4 is 10.5 Å². The number of phenolic OH excluding ortho intramolecular Hbond substituents is 1. The van der Waals surface area contributed by atoms with Gasteiger partial charge in [-0.15, -0.1) is 0 Å². The molecule has 128 valence electrons. The van der Waals surface area contributed by atoms with E-state index in [4.69, 9.17) is 10.5 Å². The molecule has 1 heterocycles. The highest BCUT2D eigenvalue weighted by molar-refractivity contribution is 5.66. The Morgan fingerprint density at radius 2 is 2.00 bits per heavy atom. The fourth-order valence-corrected chi connectivity index (χ4v) is 2.32. The van der Waals surface area contributed by atoms with Gasteiger partial charge in [0.2, 0.25) is 0 Å². The molecule has 25 heavy (non-hydrogen) atoms. The number of nitro benzene ring substituents is 1. The summed E-state index contributed by atoms with van der Waals surface area (Å²) in [6, 6.07) is 10.2. The number of non-ortho nitro benzene ring substituents is 1. The minimum atomic E-state index is -0.576. The van der Waals surface area contributed by atoms with Crippen LogP contribution in [0.15, 0.2) is 42.5 Å². The Hall–Kier alpha value is -3.46. The van der Waals surface area contributed by atoms with E-state index in [2.05, 4.69) is 15.2 Å². The largest absolute Gasteiger partial charge is 0.507 e. The number of phenols is 1. The molecule has 0 saturated carbocycles. The predicted molar refractivity (Wildman–Crippen MR) is 89.2 cm³/mol. The molecular formula is C16H15N5O4. The summed E-state index contributed by atoms with van der Waals surface area (Å²) in [6.45, 7) is 0. The number of nitrogens with two attached hydrogens (primary N) is 1. The van der Waals surface area contributed by atoms with Crippen LogP contribution in [0.5, 0.6) is 11.5 Å². The van der Waals surface area contributed by atoms with E-state index in [1.165, 1.54) is 18.2 Å². The van der Waals surface area contributed by atoms with E-state index in [0.717, 1.165) is 5.56 Å². The van der Waals surface area contributed by atoms with Crippen molar-refractivity contribution in [3.8, 4) is 22.9 Å². The SMILES string of the molecule is COc1ccc(C(N)c2nc(-c3cc([N+](=O)[O-])ccc3O)n[nH]2)cc1. The molecule has 0 aliphatic rings. The zero-order valence-corrected chi connectivity index (χ0v) is 13.2. The third-order valence-electron chi connectivity index (χ3n) is 3.70. The highest BCUT2D eigenvalue weighted by atomic mass is 16.6. The topological polar surface area (TPSA) is 140 Å². The van der Waals surface area contributed by atoms with E-state index >= 15 is 0 Å². The molecule has 1 aromatic heterocycles. The number of rotatable bonds is 5. The second-order valence-corrected chi connectivity index (χ2v) is 5.25.